The van der Waals surface area contributed by atoms with Crippen molar-refractivity contribution in [3.63, 3.8) is 0 Å². The van der Waals surface area contributed by atoms with Crippen molar-refractivity contribution in [2.45, 2.75) is 31.7 Å². The molecule has 5 nitrogen and oxygen atoms in total. The lowest BCUT2D eigenvalue weighted by Crippen LogP contribution is -2.26. The van der Waals surface area contributed by atoms with Crippen molar-refractivity contribution in [2.24, 2.45) is 0 Å². The molecule has 0 amide bonds. The van der Waals surface area contributed by atoms with Crippen molar-refractivity contribution in [3.8, 4) is 0 Å². The van der Waals surface area contributed by atoms with Crippen LogP contribution in [0, 0.1) is 13.8 Å². The van der Waals surface area contributed by atoms with E-state index in [-0.39, 0.29) is 10.9 Å². The molecule has 0 spiro atoms. The Bertz CT molecular complexity index is 629. The summed E-state index contributed by atoms with van der Waals surface area (Å²) in [6, 6.07) is 1.76. The van der Waals surface area contributed by atoms with E-state index < -0.39 is 10.0 Å². The molecule has 0 bridgehead atoms. The van der Waals surface area contributed by atoms with Crippen LogP contribution in [0.2, 0.25) is 0 Å². The number of rotatable bonds is 4. The van der Waals surface area contributed by atoms with E-state index in [1.165, 1.54) is 17.3 Å². The summed E-state index contributed by atoms with van der Waals surface area (Å²) in [6.07, 6.45) is 2.65. The Kier molecular flexibility index (Phi) is 3.56. The third-order valence-corrected chi connectivity index (χ3v) is 5.15. The Morgan fingerprint density at radius 3 is 2.67 bits per heavy atom. The molecule has 1 atom stereocenters. The van der Waals surface area contributed by atoms with Crippen molar-refractivity contribution in [3.05, 3.63) is 33.8 Å². The molecule has 2 N–H and O–H groups in total. The first-order valence-corrected chi connectivity index (χ1v) is 7.78. The van der Waals surface area contributed by atoms with Crippen LogP contribution in [-0.4, -0.2) is 18.6 Å². The van der Waals surface area contributed by atoms with Crippen LogP contribution in [-0.2, 0) is 10.0 Å². The number of H-pyrrole nitrogens is 1. The second-order valence-electron chi connectivity index (χ2n) is 4.15. The van der Waals surface area contributed by atoms with Gasteiger partial charge in [-0.05, 0) is 32.4 Å². The first-order chi connectivity index (χ1) is 8.40. The maximum absolute atomic E-state index is 12.0. The number of sulfonamides is 1. The van der Waals surface area contributed by atoms with Crippen LogP contribution < -0.4 is 4.72 Å². The highest BCUT2D eigenvalue weighted by Crippen LogP contribution is 2.27. The number of hydrogen-bond acceptors (Lipinski definition) is 4. The lowest BCUT2D eigenvalue weighted by atomic mass is 10.1. The molecule has 0 saturated carbocycles. The molecule has 0 aliphatic heterocycles. The number of nitrogens with zero attached hydrogens (tertiary/aromatic N) is 1. The van der Waals surface area contributed by atoms with E-state index in [1.54, 1.807) is 11.3 Å². The van der Waals surface area contributed by atoms with Gasteiger partial charge in [-0.25, -0.2) is 13.1 Å². The lowest BCUT2D eigenvalue weighted by Gasteiger charge is -2.13. The first kappa shape index (κ1) is 13.3. The molecule has 7 heteroatoms. The monoisotopic (exact) mass is 285 g/mol. The van der Waals surface area contributed by atoms with Gasteiger partial charge in [0.05, 0.1) is 6.20 Å². The van der Waals surface area contributed by atoms with Gasteiger partial charge in [0.2, 0.25) is 10.0 Å². The minimum Gasteiger partial charge on any atom is -0.284 e. The fourth-order valence-corrected chi connectivity index (χ4v) is 3.98. The second-order valence-corrected chi connectivity index (χ2v) is 7.32. The van der Waals surface area contributed by atoms with Gasteiger partial charge in [0.15, 0.2) is 0 Å². The van der Waals surface area contributed by atoms with Gasteiger partial charge in [-0.15, -0.1) is 11.3 Å². The molecule has 2 heterocycles. The maximum Gasteiger partial charge on any atom is 0.244 e. The maximum atomic E-state index is 12.0. The molecule has 0 fully saturated rings. The topological polar surface area (TPSA) is 74.8 Å². The minimum absolute atomic E-state index is 0.152. The van der Waals surface area contributed by atoms with Gasteiger partial charge in [0.25, 0.3) is 0 Å². The highest BCUT2D eigenvalue weighted by Gasteiger charge is 2.20. The zero-order valence-electron chi connectivity index (χ0n) is 10.4. The Labute approximate surface area is 110 Å². The van der Waals surface area contributed by atoms with Crippen LogP contribution >= 0.6 is 11.3 Å². The molecular formula is C11H15N3O2S2. The zero-order valence-corrected chi connectivity index (χ0v) is 12.0. The summed E-state index contributed by atoms with van der Waals surface area (Å²) < 4.78 is 26.7. The predicted octanol–water partition coefficient (Wildman–Crippen LogP) is 2.13. The predicted molar refractivity (Wildman–Crippen MR) is 71.1 cm³/mol. The molecule has 2 aromatic rings. The Balaban J connectivity index is 2.22. The van der Waals surface area contributed by atoms with Crippen LogP contribution in [0.4, 0.5) is 0 Å². The van der Waals surface area contributed by atoms with Gasteiger partial charge in [-0.1, -0.05) is 0 Å². The van der Waals surface area contributed by atoms with Gasteiger partial charge in [0, 0.05) is 22.0 Å². The van der Waals surface area contributed by atoms with Gasteiger partial charge >= 0.3 is 0 Å². The largest absolute Gasteiger partial charge is 0.284 e. The zero-order chi connectivity index (χ0) is 13.3. The van der Waals surface area contributed by atoms with E-state index in [9.17, 15) is 8.42 Å². The number of aryl methyl sites for hydroxylation is 2. The average Bonchev–Trinajstić information content (AvgIpc) is 2.86. The molecule has 1 unspecified atom stereocenters. The number of hydrogen-bond donors (Lipinski definition) is 2. The van der Waals surface area contributed by atoms with E-state index in [0.717, 1.165) is 10.4 Å². The number of aromatic nitrogens is 2. The smallest absolute Gasteiger partial charge is 0.244 e. The van der Waals surface area contributed by atoms with Gasteiger partial charge in [-0.2, -0.15) is 5.10 Å². The van der Waals surface area contributed by atoms with E-state index in [2.05, 4.69) is 14.9 Å². The molecule has 0 aliphatic rings. The van der Waals surface area contributed by atoms with E-state index in [4.69, 9.17) is 0 Å². The fraction of sp³-hybridized carbons (Fsp3) is 0.364. The van der Waals surface area contributed by atoms with Crippen LogP contribution in [0.15, 0.2) is 23.4 Å². The molecule has 98 valence electrons. The number of nitrogens with one attached hydrogen (secondary N) is 2. The second kappa shape index (κ2) is 4.83. The van der Waals surface area contributed by atoms with E-state index in [1.807, 2.05) is 26.8 Å². The van der Waals surface area contributed by atoms with Crippen molar-refractivity contribution in [1.82, 2.24) is 14.9 Å². The molecular weight excluding hydrogens is 270 g/mol. The highest BCUT2D eigenvalue weighted by molar-refractivity contribution is 7.89. The van der Waals surface area contributed by atoms with Crippen molar-refractivity contribution in [1.29, 1.82) is 0 Å². The third kappa shape index (κ3) is 2.63. The Hall–Kier alpha value is -1.18. The average molecular weight is 285 g/mol. The molecule has 2 aromatic heterocycles. The van der Waals surface area contributed by atoms with Gasteiger partial charge in [0.1, 0.15) is 4.90 Å². The van der Waals surface area contributed by atoms with E-state index >= 15 is 0 Å². The minimum atomic E-state index is -3.51. The molecule has 18 heavy (non-hydrogen) atoms. The van der Waals surface area contributed by atoms with Crippen molar-refractivity contribution < 1.29 is 8.42 Å². The Morgan fingerprint density at radius 1 is 1.44 bits per heavy atom. The number of aromatic amines is 1. The molecule has 0 radical (unpaired) electrons. The standard InChI is InChI=1S/C11H15N3O2S2/c1-7-4-11(9(3)17-7)8(2)14-18(15,16)10-5-12-13-6-10/h4-6,8,14H,1-3H3,(H,12,13). The van der Waals surface area contributed by atoms with Crippen LogP contribution in [0.3, 0.4) is 0 Å². The summed E-state index contributed by atoms with van der Waals surface area (Å²) in [5.41, 5.74) is 1.02. The Morgan fingerprint density at radius 2 is 2.17 bits per heavy atom. The molecule has 0 aliphatic carbocycles. The van der Waals surface area contributed by atoms with Gasteiger partial charge in [-0.3, -0.25) is 5.10 Å². The quantitative estimate of drug-likeness (QED) is 0.903. The van der Waals surface area contributed by atoms with Crippen molar-refractivity contribution in [2.75, 3.05) is 0 Å². The summed E-state index contributed by atoms with van der Waals surface area (Å²) >= 11 is 1.67. The molecule has 0 saturated heterocycles. The summed E-state index contributed by atoms with van der Waals surface area (Å²) in [5.74, 6) is 0. The van der Waals surface area contributed by atoms with Crippen LogP contribution in [0.1, 0.15) is 28.3 Å². The first-order valence-electron chi connectivity index (χ1n) is 5.48. The van der Waals surface area contributed by atoms with Gasteiger partial charge < -0.3 is 0 Å². The van der Waals surface area contributed by atoms with Crippen LogP contribution in [0.5, 0.6) is 0 Å². The SMILES string of the molecule is Cc1cc(C(C)NS(=O)(=O)c2cn[nH]c2)c(C)s1. The van der Waals surface area contributed by atoms with E-state index in [0.29, 0.717) is 0 Å². The molecule has 2 rings (SSSR count). The fourth-order valence-electron chi connectivity index (χ4n) is 1.83. The van der Waals surface area contributed by atoms with Crippen LogP contribution in [0.25, 0.3) is 0 Å². The molecule has 0 aromatic carbocycles. The highest BCUT2D eigenvalue weighted by atomic mass is 32.2. The third-order valence-electron chi connectivity index (χ3n) is 2.66. The number of thiophene rings is 1. The van der Waals surface area contributed by atoms with Crippen molar-refractivity contribution >= 4 is 21.4 Å². The summed E-state index contributed by atoms with van der Waals surface area (Å²) in [5, 5.41) is 6.15. The normalized spacial score (nSPS) is 13.7. The summed E-state index contributed by atoms with van der Waals surface area (Å²) in [6.45, 7) is 5.85. The summed E-state index contributed by atoms with van der Waals surface area (Å²) in [7, 11) is -3.51. The lowest BCUT2D eigenvalue weighted by molar-refractivity contribution is 0.567. The summed E-state index contributed by atoms with van der Waals surface area (Å²) in [4.78, 5) is 2.46.